The maximum atomic E-state index is 5.98. The van der Waals surface area contributed by atoms with E-state index in [1.165, 1.54) is 21.8 Å². The predicted octanol–water partition coefficient (Wildman–Crippen LogP) is 3.46. The van der Waals surface area contributed by atoms with Gasteiger partial charge in [0.2, 0.25) is 0 Å². The summed E-state index contributed by atoms with van der Waals surface area (Å²) in [5, 5.41) is 8.97. The van der Waals surface area contributed by atoms with Gasteiger partial charge in [-0.25, -0.2) is 9.97 Å². The molecule has 3 heterocycles. The second kappa shape index (κ2) is 5.21. The van der Waals surface area contributed by atoms with Gasteiger partial charge in [-0.05, 0) is 12.1 Å². The fourth-order valence-electron chi connectivity index (χ4n) is 1.52. The maximum Gasteiger partial charge on any atom is 0.166 e. The second-order valence-corrected chi connectivity index (χ2v) is 5.07. The van der Waals surface area contributed by atoms with Crippen molar-refractivity contribution < 1.29 is 0 Å². The van der Waals surface area contributed by atoms with E-state index in [4.69, 9.17) is 46.4 Å². The molecule has 0 aliphatic carbocycles. The summed E-state index contributed by atoms with van der Waals surface area (Å²) in [5.41, 5.74) is 0. The number of nitrogens with zero attached hydrogens (tertiary/aromatic N) is 6. The Labute approximate surface area is 132 Å². The lowest BCUT2D eigenvalue weighted by Gasteiger charge is -2.04. The highest BCUT2D eigenvalue weighted by Gasteiger charge is 2.12. The first-order valence-electron chi connectivity index (χ1n) is 5.19. The van der Waals surface area contributed by atoms with E-state index in [9.17, 15) is 0 Å². The monoisotopic (exact) mass is 348 g/mol. The molecule has 0 aromatic carbocycles. The Bertz CT molecular complexity index is 697. The Morgan fingerprint density at radius 2 is 1.10 bits per heavy atom. The predicted molar refractivity (Wildman–Crippen MR) is 76.3 cm³/mol. The van der Waals surface area contributed by atoms with Crippen molar-refractivity contribution in [2.75, 3.05) is 0 Å². The third-order valence-electron chi connectivity index (χ3n) is 2.47. The summed E-state index contributed by atoms with van der Waals surface area (Å²) < 4.78 is 3.01. The molecule has 0 saturated carbocycles. The molecule has 3 aromatic heterocycles. The van der Waals surface area contributed by atoms with Crippen LogP contribution >= 0.6 is 46.4 Å². The summed E-state index contributed by atoms with van der Waals surface area (Å²) in [6, 6.07) is 3.38. The van der Waals surface area contributed by atoms with Gasteiger partial charge in [0, 0.05) is 0 Å². The minimum absolute atomic E-state index is 0.196. The molecule has 20 heavy (non-hydrogen) atoms. The van der Waals surface area contributed by atoms with Gasteiger partial charge in [-0.3, -0.25) is 9.13 Å². The zero-order valence-corrected chi connectivity index (χ0v) is 12.5. The zero-order valence-electron chi connectivity index (χ0n) is 9.50. The van der Waals surface area contributed by atoms with Crippen molar-refractivity contribution in [3.8, 4) is 11.6 Å². The number of hydrogen-bond acceptors (Lipinski definition) is 4. The van der Waals surface area contributed by atoms with Crippen molar-refractivity contribution >= 4 is 46.4 Å². The van der Waals surface area contributed by atoms with E-state index in [2.05, 4.69) is 20.2 Å². The SMILES string of the molecule is Clc1ncn(-c2ccc(-n3cnc(Cl)c3Cl)nn2)c1Cl. The molecule has 0 fully saturated rings. The van der Waals surface area contributed by atoms with Crippen LogP contribution in [0.5, 0.6) is 0 Å². The number of hydrogen-bond donors (Lipinski definition) is 0. The summed E-state index contributed by atoms with van der Waals surface area (Å²) >= 11 is 23.5. The first kappa shape index (κ1) is 13.6. The normalized spacial score (nSPS) is 11.0. The van der Waals surface area contributed by atoms with Gasteiger partial charge in [0.25, 0.3) is 0 Å². The number of aromatic nitrogens is 6. The van der Waals surface area contributed by atoms with Crippen LogP contribution in [0.4, 0.5) is 0 Å². The van der Waals surface area contributed by atoms with Crippen molar-refractivity contribution in [2.24, 2.45) is 0 Å². The van der Waals surface area contributed by atoms with Crippen LogP contribution in [-0.4, -0.2) is 29.3 Å². The minimum atomic E-state index is 0.196. The van der Waals surface area contributed by atoms with Crippen LogP contribution in [0.3, 0.4) is 0 Å². The van der Waals surface area contributed by atoms with Gasteiger partial charge in [0.05, 0.1) is 0 Å². The van der Waals surface area contributed by atoms with Gasteiger partial charge in [-0.1, -0.05) is 46.4 Å². The third-order valence-corrected chi connectivity index (χ3v) is 3.94. The molecular weight excluding hydrogens is 346 g/mol. The smallest absolute Gasteiger partial charge is 0.166 e. The van der Waals surface area contributed by atoms with Crippen LogP contribution in [0.2, 0.25) is 20.6 Å². The summed E-state index contributed by atoms with van der Waals surface area (Å²) in [7, 11) is 0. The number of imidazole rings is 2. The fraction of sp³-hybridized carbons (Fsp3) is 0. The molecule has 0 atom stereocenters. The minimum Gasteiger partial charge on any atom is -0.271 e. The van der Waals surface area contributed by atoms with Crippen molar-refractivity contribution in [2.45, 2.75) is 0 Å². The first-order valence-corrected chi connectivity index (χ1v) is 6.70. The van der Waals surface area contributed by atoms with E-state index < -0.39 is 0 Å². The largest absolute Gasteiger partial charge is 0.271 e. The Balaban J connectivity index is 2.00. The lowest BCUT2D eigenvalue weighted by atomic mass is 10.5. The number of halogens is 4. The third kappa shape index (κ3) is 2.25. The Morgan fingerprint density at radius 3 is 1.35 bits per heavy atom. The lowest BCUT2D eigenvalue weighted by molar-refractivity contribution is 0.865. The Morgan fingerprint density at radius 1 is 0.700 bits per heavy atom. The molecule has 3 aromatic rings. The molecule has 3 rings (SSSR count). The van der Waals surface area contributed by atoms with Gasteiger partial charge in [-0.2, -0.15) is 0 Å². The van der Waals surface area contributed by atoms with E-state index in [-0.39, 0.29) is 20.6 Å². The van der Waals surface area contributed by atoms with Gasteiger partial charge in [0.15, 0.2) is 32.2 Å². The quantitative estimate of drug-likeness (QED) is 0.710. The average molecular weight is 350 g/mol. The van der Waals surface area contributed by atoms with Crippen molar-refractivity contribution in [1.82, 2.24) is 29.3 Å². The molecule has 10 heteroatoms. The average Bonchev–Trinajstić information content (AvgIpc) is 2.96. The fourth-order valence-corrected chi connectivity index (χ4v) is 2.15. The van der Waals surface area contributed by atoms with E-state index in [1.54, 1.807) is 12.1 Å². The molecule has 0 aliphatic rings. The summed E-state index contributed by atoms with van der Waals surface area (Å²) in [6.45, 7) is 0. The summed E-state index contributed by atoms with van der Waals surface area (Å²) in [6.07, 6.45) is 2.91. The van der Waals surface area contributed by atoms with Crippen LogP contribution in [0.1, 0.15) is 0 Å². The highest BCUT2D eigenvalue weighted by atomic mass is 35.5. The Hall–Kier alpha value is -1.34. The van der Waals surface area contributed by atoms with Crippen LogP contribution in [0.25, 0.3) is 11.6 Å². The first-order chi connectivity index (χ1) is 9.58. The highest BCUT2D eigenvalue weighted by Crippen LogP contribution is 2.24. The maximum absolute atomic E-state index is 5.98. The molecular formula is C10H4Cl4N6. The molecule has 0 radical (unpaired) electrons. The standard InChI is InChI=1S/C10H4Cl4N6/c11-7-9(13)19(3-15-7)5-1-2-6(18-17-5)20-4-16-8(12)10(20)14/h1-4H. The topological polar surface area (TPSA) is 61.4 Å². The molecule has 0 N–H and O–H groups in total. The highest BCUT2D eigenvalue weighted by molar-refractivity contribution is 6.41. The summed E-state index contributed by atoms with van der Waals surface area (Å²) in [4.78, 5) is 7.73. The molecule has 0 bridgehead atoms. The van der Waals surface area contributed by atoms with Gasteiger partial charge < -0.3 is 0 Å². The van der Waals surface area contributed by atoms with Crippen molar-refractivity contribution in [1.29, 1.82) is 0 Å². The van der Waals surface area contributed by atoms with Crippen LogP contribution in [0.15, 0.2) is 24.8 Å². The lowest BCUT2D eigenvalue weighted by Crippen LogP contribution is -2.02. The van der Waals surface area contributed by atoms with Gasteiger partial charge in [-0.15, -0.1) is 10.2 Å². The molecule has 0 saturated heterocycles. The molecule has 0 amide bonds. The second-order valence-electron chi connectivity index (χ2n) is 3.64. The number of rotatable bonds is 2. The van der Waals surface area contributed by atoms with Gasteiger partial charge >= 0.3 is 0 Å². The summed E-state index contributed by atoms with van der Waals surface area (Å²) in [5.74, 6) is 0.945. The Kier molecular flexibility index (Phi) is 3.55. The van der Waals surface area contributed by atoms with E-state index in [1.807, 2.05) is 0 Å². The molecule has 102 valence electrons. The van der Waals surface area contributed by atoms with E-state index in [0.29, 0.717) is 11.6 Å². The zero-order chi connectivity index (χ0) is 14.3. The van der Waals surface area contributed by atoms with Gasteiger partial charge in [0.1, 0.15) is 12.7 Å². The van der Waals surface area contributed by atoms with Crippen LogP contribution in [0, 0.1) is 0 Å². The molecule has 6 nitrogen and oxygen atoms in total. The van der Waals surface area contributed by atoms with Crippen LogP contribution < -0.4 is 0 Å². The van der Waals surface area contributed by atoms with Crippen molar-refractivity contribution in [3.63, 3.8) is 0 Å². The van der Waals surface area contributed by atoms with E-state index >= 15 is 0 Å². The molecule has 0 spiro atoms. The van der Waals surface area contributed by atoms with Crippen molar-refractivity contribution in [3.05, 3.63) is 45.4 Å². The molecule has 0 aliphatic heterocycles. The van der Waals surface area contributed by atoms with E-state index in [0.717, 1.165) is 0 Å². The van der Waals surface area contributed by atoms with Crippen LogP contribution in [-0.2, 0) is 0 Å². The molecule has 0 unspecified atom stereocenters.